The van der Waals surface area contributed by atoms with Crippen LogP contribution in [-0.2, 0) is 13.1 Å². The van der Waals surface area contributed by atoms with E-state index in [1.54, 1.807) is 16.7 Å². The third-order valence-electron chi connectivity index (χ3n) is 5.21. The largest absolute Gasteiger partial charge is 0.357 e. The van der Waals surface area contributed by atoms with E-state index in [9.17, 15) is 4.79 Å². The van der Waals surface area contributed by atoms with Gasteiger partial charge in [0.25, 0.3) is 5.56 Å². The van der Waals surface area contributed by atoms with Crippen molar-refractivity contribution in [3.63, 3.8) is 0 Å². The topological polar surface area (TPSA) is 61.7 Å². The molecule has 1 aromatic heterocycles. The number of nitrogens with zero attached hydrogens (tertiary/aromatic N) is 3. The predicted molar refractivity (Wildman–Crippen MR) is 119 cm³/mol. The van der Waals surface area contributed by atoms with Crippen molar-refractivity contribution >= 4 is 5.96 Å². The van der Waals surface area contributed by atoms with Crippen molar-refractivity contribution < 1.29 is 0 Å². The quantitative estimate of drug-likeness (QED) is 0.532. The lowest BCUT2D eigenvalue weighted by molar-refractivity contribution is 0.232. The Morgan fingerprint density at radius 1 is 1.00 bits per heavy atom. The number of aliphatic imine (C=N–C) groups is 1. The predicted octanol–water partition coefficient (Wildman–Crippen LogP) is 2.44. The summed E-state index contributed by atoms with van der Waals surface area (Å²) < 4.78 is 1.71. The Hall–Kier alpha value is -2.60. The second-order valence-corrected chi connectivity index (χ2v) is 7.51. The molecule has 0 spiro atoms. The summed E-state index contributed by atoms with van der Waals surface area (Å²) in [6.45, 7) is 8.57. The summed E-state index contributed by atoms with van der Waals surface area (Å²) in [7, 11) is 0. The number of pyridine rings is 1. The lowest BCUT2D eigenvalue weighted by Gasteiger charge is -2.26. The van der Waals surface area contributed by atoms with Crippen LogP contribution in [0.5, 0.6) is 0 Å². The highest BCUT2D eigenvalue weighted by Gasteiger charge is 2.09. The first-order valence-corrected chi connectivity index (χ1v) is 10.7. The molecule has 1 saturated heterocycles. The van der Waals surface area contributed by atoms with Crippen LogP contribution in [0.2, 0.25) is 0 Å². The monoisotopic (exact) mass is 395 g/mol. The molecule has 0 amide bonds. The standard InChI is InChI=1S/C23H33N5O/c1-2-24-23(25-13-17-27-14-5-3-6-15-27)26-18-20-9-11-21(12-10-20)19-28-16-7-4-8-22(28)29/h4,7-12,16H,2-3,5-6,13-15,17-19H2,1H3,(H2,24,25,26). The zero-order valence-electron chi connectivity index (χ0n) is 17.4. The van der Waals surface area contributed by atoms with Crippen LogP contribution in [-0.4, -0.2) is 48.2 Å². The molecule has 0 aliphatic carbocycles. The van der Waals surface area contributed by atoms with Crippen molar-refractivity contribution in [2.45, 2.75) is 39.3 Å². The van der Waals surface area contributed by atoms with E-state index in [1.807, 2.05) is 12.3 Å². The first-order valence-electron chi connectivity index (χ1n) is 10.7. The van der Waals surface area contributed by atoms with Gasteiger partial charge in [-0.2, -0.15) is 0 Å². The molecule has 1 fully saturated rings. The van der Waals surface area contributed by atoms with E-state index in [0.29, 0.717) is 13.1 Å². The van der Waals surface area contributed by atoms with Crippen LogP contribution in [0.3, 0.4) is 0 Å². The van der Waals surface area contributed by atoms with Gasteiger partial charge < -0.3 is 20.1 Å². The molecule has 2 aromatic rings. The summed E-state index contributed by atoms with van der Waals surface area (Å²) in [5.74, 6) is 0.865. The number of aromatic nitrogens is 1. The van der Waals surface area contributed by atoms with E-state index in [1.165, 1.54) is 32.4 Å². The normalized spacial score (nSPS) is 15.3. The minimum absolute atomic E-state index is 0.0204. The maximum Gasteiger partial charge on any atom is 0.250 e. The minimum Gasteiger partial charge on any atom is -0.357 e. The average Bonchev–Trinajstić information content (AvgIpc) is 2.75. The van der Waals surface area contributed by atoms with Gasteiger partial charge in [0, 0.05) is 31.9 Å². The molecule has 1 aromatic carbocycles. The van der Waals surface area contributed by atoms with Crippen LogP contribution in [0.25, 0.3) is 0 Å². The van der Waals surface area contributed by atoms with Gasteiger partial charge in [-0.15, -0.1) is 0 Å². The SMILES string of the molecule is CCNC(=NCc1ccc(Cn2ccccc2=O)cc1)NCCN1CCCCC1. The van der Waals surface area contributed by atoms with Crippen molar-refractivity contribution in [2.75, 3.05) is 32.7 Å². The second kappa shape index (κ2) is 11.4. The van der Waals surface area contributed by atoms with Gasteiger partial charge in [0.2, 0.25) is 0 Å². The number of guanidine groups is 1. The van der Waals surface area contributed by atoms with E-state index in [0.717, 1.165) is 36.7 Å². The Labute approximate surface area is 173 Å². The van der Waals surface area contributed by atoms with Crippen LogP contribution in [0.15, 0.2) is 58.4 Å². The Kier molecular flexibility index (Phi) is 8.31. The summed E-state index contributed by atoms with van der Waals surface area (Å²) in [4.78, 5) is 19.1. The number of likely N-dealkylation sites (tertiary alicyclic amines) is 1. The van der Waals surface area contributed by atoms with Crippen LogP contribution in [0.4, 0.5) is 0 Å². The Bertz CT molecular complexity index is 822. The van der Waals surface area contributed by atoms with Crippen molar-refractivity contribution in [1.29, 1.82) is 0 Å². The molecule has 2 heterocycles. The zero-order chi connectivity index (χ0) is 20.3. The van der Waals surface area contributed by atoms with Crippen LogP contribution in [0, 0.1) is 0 Å². The van der Waals surface area contributed by atoms with Gasteiger partial charge in [0.1, 0.15) is 0 Å². The molecule has 0 atom stereocenters. The highest BCUT2D eigenvalue weighted by atomic mass is 16.1. The van der Waals surface area contributed by atoms with Gasteiger partial charge in [-0.05, 0) is 50.0 Å². The van der Waals surface area contributed by atoms with Gasteiger partial charge in [-0.25, -0.2) is 4.99 Å². The van der Waals surface area contributed by atoms with Gasteiger partial charge in [-0.3, -0.25) is 4.79 Å². The molecule has 0 radical (unpaired) electrons. The van der Waals surface area contributed by atoms with Crippen LogP contribution < -0.4 is 16.2 Å². The van der Waals surface area contributed by atoms with E-state index in [2.05, 4.69) is 46.7 Å². The van der Waals surface area contributed by atoms with Crippen molar-refractivity contribution in [3.8, 4) is 0 Å². The summed E-state index contributed by atoms with van der Waals surface area (Å²) in [6.07, 6.45) is 5.83. The molecular weight excluding hydrogens is 362 g/mol. The van der Waals surface area contributed by atoms with Gasteiger partial charge >= 0.3 is 0 Å². The van der Waals surface area contributed by atoms with E-state index in [4.69, 9.17) is 4.99 Å². The Balaban J connectivity index is 1.50. The molecule has 2 N–H and O–H groups in total. The highest BCUT2D eigenvalue weighted by Crippen LogP contribution is 2.08. The highest BCUT2D eigenvalue weighted by molar-refractivity contribution is 5.79. The Morgan fingerprint density at radius 2 is 1.76 bits per heavy atom. The molecule has 0 unspecified atom stereocenters. The number of nitrogens with one attached hydrogen (secondary N) is 2. The van der Waals surface area contributed by atoms with Crippen molar-refractivity contribution in [1.82, 2.24) is 20.1 Å². The molecule has 3 rings (SSSR count). The molecule has 1 aliphatic rings. The number of rotatable bonds is 8. The first kappa shape index (κ1) is 21.1. The molecule has 1 aliphatic heterocycles. The lowest BCUT2D eigenvalue weighted by Crippen LogP contribution is -2.42. The van der Waals surface area contributed by atoms with E-state index < -0.39 is 0 Å². The second-order valence-electron chi connectivity index (χ2n) is 7.51. The van der Waals surface area contributed by atoms with Crippen molar-refractivity contribution in [3.05, 3.63) is 70.1 Å². The summed E-state index contributed by atoms with van der Waals surface area (Å²) in [6, 6.07) is 13.5. The van der Waals surface area contributed by atoms with Crippen LogP contribution >= 0.6 is 0 Å². The molecule has 6 nitrogen and oxygen atoms in total. The van der Waals surface area contributed by atoms with Crippen LogP contribution in [0.1, 0.15) is 37.3 Å². The number of hydrogen-bond acceptors (Lipinski definition) is 3. The fraction of sp³-hybridized carbons (Fsp3) is 0.478. The zero-order valence-corrected chi connectivity index (χ0v) is 17.4. The fourth-order valence-corrected chi connectivity index (χ4v) is 3.57. The van der Waals surface area contributed by atoms with E-state index in [-0.39, 0.29) is 5.56 Å². The Morgan fingerprint density at radius 3 is 2.48 bits per heavy atom. The van der Waals surface area contributed by atoms with Gasteiger partial charge in [-0.1, -0.05) is 36.8 Å². The molecule has 156 valence electrons. The molecule has 29 heavy (non-hydrogen) atoms. The number of piperidine rings is 1. The summed E-state index contributed by atoms with van der Waals surface area (Å²) in [5.41, 5.74) is 2.28. The van der Waals surface area contributed by atoms with Gasteiger partial charge in [0.05, 0.1) is 13.1 Å². The van der Waals surface area contributed by atoms with Gasteiger partial charge in [0.15, 0.2) is 5.96 Å². The molecule has 0 saturated carbocycles. The number of benzene rings is 1. The number of hydrogen-bond donors (Lipinski definition) is 2. The maximum atomic E-state index is 11.8. The molecular formula is C23H33N5O. The first-order chi connectivity index (χ1) is 14.2. The summed E-state index contributed by atoms with van der Waals surface area (Å²) in [5, 5.41) is 6.77. The summed E-state index contributed by atoms with van der Waals surface area (Å²) >= 11 is 0. The smallest absolute Gasteiger partial charge is 0.250 e. The lowest BCUT2D eigenvalue weighted by atomic mass is 10.1. The maximum absolute atomic E-state index is 11.8. The molecule has 6 heteroatoms. The van der Waals surface area contributed by atoms with E-state index >= 15 is 0 Å². The minimum atomic E-state index is 0.0204. The third kappa shape index (κ3) is 7.06. The average molecular weight is 396 g/mol. The fourth-order valence-electron chi connectivity index (χ4n) is 3.57. The van der Waals surface area contributed by atoms with Crippen molar-refractivity contribution in [2.24, 2.45) is 4.99 Å². The third-order valence-corrected chi connectivity index (χ3v) is 5.21. The molecule has 0 bridgehead atoms.